The number of nitrogens with one attached hydrogen (secondary N) is 1. The lowest BCUT2D eigenvalue weighted by Crippen LogP contribution is -2.16. The van der Waals surface area contributed by atoms with E-state index in [1.165, 1.54) is 30.1 Å². The normalized spacial score (nSPS) is 12.0. The van der Waals surface area contributed by atoms with E-state index in [1.807, 2.05) is 0 Å². The molecule has 2 aromatic rings. The molecule has 2 rings (SSSR count). The van der Waals surface area contributed by atoms with Crippen molar-refractivity contribution in [2.45, 2.75) is 13.0 Å². The van der Waals surface area contributed by atoms with Crippen molar-refractivity contribution in [1.29, 1.82) is 0 Å². The third-order valence-electron chi connectivity index (χ3n) is 2.80. The Morgan fingerprint density at radius 2 is 2.10 bits per heavy atom. The first-order valence-electron chi connectivity index (χ1n) is 5.92. The maximum Gasteiger partial charge on any atom is 0.328 e. The van der Waals surface area contributed by atoms with Gasteiger partial charge < -0.3 is 10.4 Å². The van der Waals surface area contributed by atoms with Gasteiger partial charge in [-0.05, 0) is 25.1 Å². The van der Waals surface area contributed by atoms with Crippen LogP contribution >= 0.6 is 23.2 Å². The minimum Gasteiger partial charge on any atom is -0.480 e. The van der Waals surface area contributed by atoms with Crippen LogP contribution in [0.15, 0.2) is 30.6 Å². The van der Waals surface area contributed by atoms with Crippen LogP contribution in [0, 0.1) is 0 Å². The van der Waals surface area contributed by atoms with Crippen molar-refractivity contribution >= 4 is 40.8 Å². The first-order valence-corrected chi connectivity index (χ1v) is 6.67. The van der Waals surface area contributed by atoms with Gasteiger partial charge in [-0.25, -0.2) is 4.79 Å². The second-order valence-corrected chi connectivity index (χ2v) is 5.15. The Hall–Kier alpha value is -2.05. The molecule has 1 amide bonds. The fourth-order valence-corrected chi connectivity index (χ4v) is 2.02. The van der Waals surface area contributed by atoms with E-state index in [9.17, 15) is 9.59 Å². The topological polar surface area (TPSA) is 84.2 Å². The predicted octanol–water partition coefficient (Wildman–Crippen LogP) is 3.09. The van der Waals surface area contributed by atoms with E-state index < -0.39 is 17.9 Å². The minimum absolute atomic E-state index is 0.231. The monoisotopic (exact) mass is 327 g/mol. The quantitative estimate of drug-likeness (QED) is 0.903. The van der Waals surface area contributed by atoms with Crippen LogP contribution in [0.25, 0.3) is 0 Å². The van der Waals surface area contributed by atoms with Gasteiger partial charge in [-0.2, -0.15) is 5.10 Å². The number of halogens is 2. The van der Waals surface area contributed by atoms with Crippen molar-refractivity contribution in [2.24, 2.45) is 0 Å². The lowest BCUT2D eigenvalue weighted by atomic mass is 10.3. The number of carboxylic acid groups (broad SMARTS) is 1. The molecule has 1 heterocycles. The number of carboxylic acids is 1. The van der Waals surface area contributed by atoms with Crippen LogP contribution in [0.2, 0.25) is 10.0 Å². The smallest absolute Gasteiger partial charge is 0.328 e. The highest BCUT2D eigenvalue weighted by molar-refractivity contribution is 6.36. The van der Waals surface area contributed by atoms with Gasteiger partial charge in [-0.3, -0.25) is 9.48 Å². The third kappa shape index (κ3) is 3.53. The molecule has 21 heavy (non-hydrogen) atoms. The summed E-state index contributed by atoms with van der Waals surface area (Å²) in [4.78, 5) is 22.9. The van der Waals surface area contributed by atoms with Gasteiger partial charge in [0, 0.05) is 11.2 Å². The lowest BCUT2D eigenvalue weighted by molar-refractivity contribution is -0.140. The highest BCUT2D eigenvalue weighted by Crippen LogP contribution is 2.25. The van der Waals surface area contributed by atoms with Gasteiger partial charge in [-0.15, -0.1) is 0 Å². The van der Waals surface area contributed by atoms with E-state index in [0.717, 1.165) is 0 Å². The van der Waals surface area contributed by atoms with Crippen LogP contribution in [0.4, 0.5) is 5.69 Å². The fraction of sp³-hybridized carbons (Fsp3) is 0.154. The van der Waals surface area contributed by atoms with Gasteiger partial charge in [-0.1, -0.05) is 23.2 Å². The van der Waals surface area contributed by atoms with E-state index >= 15 is 0 Å². The fourth-order valence-electron chi connectivity index (χ4n) is 1.57. The standard InChI is InChI=1S/C13H11Cl2N3O3/c1-7(13(20)21)18-6-8(5-16-18)12(19)17-11-3-2-9(14)4-10(11)15/h2-7H,1H3,(H,17,19)(H,20,21). The first kappa shape index (κ1) is 15.3. The van der Waals surface area contributed by atoms with E-state index in [2.05, 4.69) is 10.4 Å². The predicted molar refractivity (Wildman–Crippen MR) is 79.0 cm³/mol. The molecular formula is C13H11Cl2N3O3. The maximum atomic E-state index is 12.1. The number of aromatic nitrogens is 2. The minimum atomic E-state index is -1.04. The van der Waals surface area contributed by atoms with Crippen molar-refractivity contribution in [2.75, 3.05) is 5.32 Å². The lowest BCUT2D eigenvalue weighted by Gasteiger charge is -2.07. The van der Waals surface area contributed by atoms with Gasteiger partial charge in [0.05, 0.1) is 22.5 Å². The number of hydrogen-bond acceptors (Lipinski definition) is 3. The van der Waals surface area contributed by atoms with E-state index in [1.54, 1.807) is 12.1 Å². The molecule has 0 saturated carbocycles. The molecule has 0 spiro atoms. The molecule has 1 aromatic heterocycles. The zero-order valence-corrected chi connectivity index (χ0v) is 12.4. The number of hydrogen-bond donors (Lipinski definition) is 2. The molecule has 0 fully saturated rings. The zero-order valence-electron chi connectivity index (χ0n) is 10.9. The first-order chi connectivity index (χ1) is 9.88. The number of anilines is 1. The summed E-state index contributed by atoms with van der Waals surface area (Å²) in [7, 11) is 0. The van der Waals surface area contributed by atoms with Crippen LogP contribution in [0.1, 0.15) is 23.3 Å². The molecule has 0 radical (unpaired) electrons. The van der Waals surface area contributed by atoms with Crippen LogP contribution in [0.5, 0.6) is 0 Å². The summed E-state index contributed by atoms with van der Waals surface area (Å²) < 4.78 is 1.20. The Morgan fingerprint density at radius 3 is 2.71 bits per heavy atom. The molecule has 0 aliphatic carbocycles. The molecule has 8 heteroatoms. The molecule has 1 atom stereocenters. The van der Waals surface area contributed by atoms with Gasteiger partial charge in [0.1, 0.15) is 6.04 Å². The largest absolute Gasteiger partial charge is 0.480 e. The van der Waals surface area contributed by atoms with Crippen LogP contribution in [-0.2, 0) is 4.79 Å². The molecule has 0 aliphatic rings. The van der Waals surface area contributed by atoms with Crippen molar-refractivity contribution < 1.29 is 14.7 Å². The SMILES string of the molecule is CC(C(=O)O)n1cc(C(=O)Nc2ccc(Cl)cc2Cl)cn1. The van der Waals surface area contributed by atoms with Crippen molar-refractivity contribution in [3.8, 4) is 0 Å². The summed E-state index contributed by atoms with van der Waals surface area (Å²) >= 11 is 11.7. The second kappa shape index (κ2) is 6.15. The summed E-state index contributed by atoms with van der Waals surface area (Å²) in [5.74, 6) is -1.48. The van der Waals surface area contributed by atoms with E-state index in [4.69, 9.17) is 28.3 Å². The Balaban J connectivity index is 2.15. The number of nitrogens with zero attached hydrogens (tertiary/aromatic N) is 2. The Bertz CT molecular complexity index is 700. The van der Waals surface area contributed by atoms with E-state index in [-0.39, 0.29) is 5.56 Å². The number of carbonyl (C=O) groups excluding carboxylic acids is 1. The summed E-state index contributed by atoms with van der Waals surface area (Å²) in [5, 5.41) is 16.1. The van der Waals surface area contributed by atoms with E-state index in [0.29, 0.717) is 15.7 Å². The Kier molecular flexibility index (Phi) is 4.50. The molecule has 6 nitrogen and oxygen atoms in total. The van der Waals surface area contributed by atoms with Gasteiger partial charge in [0.25, 0.3) is 5.91 Å². The number of amides is 1. The molecule has 0 aliphatic heterocycles. The van der Waals surface area contributed by atoms with Crippen LogP contribution < -0.4 is 5.32 Å². The summed E-state index contributed by atoms with van der Waals surface area (Å²) in [6.07, 6.45) is 2.65. The molecule has 2 N–H and O–H groups in total. The highest BCUT2D eigenvalue weighted by Gasteiger charge is 2.17. The van der Waals surface area contributed by atoms with Crippen LogP contribution in [0.3, 0.4) is 0 Å². The zero-order chi connectivity index (χ0) is 15.6. The maximum absolute atomic E-state index is 12.1. The number of aliphatic carboxylic acids is 1. The van der Waals surface area contributed by atoms with Crippen molar-refractivity contribution in [3.05, 3.63) is 46.2 Å². The second-order valence-electron chi connectivity index (χ2n) is 4.30. The molecule has 0 bridgehead atoms. The average molecular weight is 328 g/mol. The van der Waals surface area contributed by atoms with Gasteiger partial charge in [0.2, 0.25) is 0 Å². The summed E-state index contributed by atoms with van der Waals surface area (Å²) in [6, 6.07) is 3.83. The molecule has 1 aromatic carbocycles. The molecule has 0 saturated heterocycles. The average Bonchev–Trinajstić information content (AvgIpc) is 2.90. The Morgan fingerprint density at radius 1 is 1.38 bits per heavy atom. The molecule has 110 valence electrons. The van der Waals surface area contributed by atoms with Crippen LogP contribution in [-0.4, -0.2) is 26.8 Å². The van der Waals surface area contributed by atoms with Crippen molar-refractivity contribution in [1.82, 2.24) is 9.78 Å². The number of benzene rings is 1. The highest BCUT2D eigenvalue weighted by atomic mass is 35.5. The van der Waals surface area contributed by atoms with Crippen molar-refractivity contribution in [3.63, 3.8) is 0 Å². The summed E-state index contributed by atoms with van der Waals surface area (Å²) in [6.45, 7) is 1.47. The summed E-state index contributed by atoms with van der Waals surface area (Å²) in [5.41, 5.74) is 0.638. The van der Waals surface area contributed by atoms with Gasteiger partial charge in [0.15, 0.2) is 0 Å². The molecular weight excluding hydrogens is 317 g/mol. The Labute approximate surface area is 130 Å². The number of carbonyl (C=O) groups is 2. The number of rotatable bonds is 4. The third-order valence-corrected chi connectivity index (χ3v) is 3.35. The molecule has 1 unspecified atom stereocenters. The van der Waals surface area contributed by atoms with Gasteiger partial charge >= 0.3 is 5.97 Å².